The fourth-order valence-corrected chi connectivity index (χ4v) is 3.04. The Balaban J connectivity index is 1.96. The van der Waals surface area contributed by atoms with Crippen molar-refractivity contribution in [2.24, 2.45) is 5.84 Å². The van der Waals surface area contributed by atoms with E-state index in [0.29, 0.717) is 6.04 Å². The molecule has 0 aliphatic carbocycles. The third-order valence-corrected chi connectivity index (χ3v) is 4.57. The predicted molar refractivity (Wildman–Crippen MR) is 84.8 cm³/mol. The summed E-state index contributed by atoms with van der Waals surface area (Å²) in [6, 6.07) is 8.77. The van der Waals surface area contributed by atoms with Crippen molar-refractivity contribution >= 4 is 11.6 Å². The second-order valence-corrected chi connectivity index (χ2v) is 6.20. The van der Waals surface area contributed by atoms with Crippen LogP contribution >= 0.6 is 11.6 Å². The minimum atomic E-state index is 0.244. The molecule has 1 aromatic rings. The number of hydrazine groups is 1. The average molecular weight is 297 g/mol. The highest BCUT2D eigenvalue weighted by atomic mass is 35.5. The molecular weight excluding hydrogens is 272 g/mol. The molecule has 1 aromatic carbocycles. The van der Waals surface area contributed by atoms with Gasteiger partial charge in [0, 0.05) is 36.7 Å². The molecule has 1 fully saturated rings. The number of piperazine rings is 1. The highest BCUT2D eigenvalue weighted by molar-refractivity contribution is 6.31. The van der Waals surface area contributed by atoms with E-state index in [1.54, 1.807) is 0 Å². The maximum Gasteiger partial charge on any atom is 0.0438 e. The molecule has 1 saturated heterocycles. The molecule has 0 spiro atoms. The zero-order valence-corrected chi connectivity index (χ0v) is 13.1. The molecular formula is C15H25ClN4. The van der Waals surface area contributed by atoms with Crippen LogP contribution in [0.2, 0.25) is 5.02 Å². The molecule has 5 heteroatoms. The lowest BCUT2D eigenvalue weighted by atomic mass is 9.98. The zero-order chi connectivity index (χ0) is 14.5. The van der Waals surface area contributed by atoms with Gasteiger partial charge in [0.15, 0.2) is 0 Å². The summed E-state index contributed by atoms with van der Waals surface area (Å²) in [5.41, 5.74) is 4.11. The Morgan fingerprint density at radius 2 is 2.10 bits per heavy atom. The van der Waals surface area contributed by atoms with Crippen LogP contribution in [-0.2, 0) is 6.42 Å². The molecule has 1 aliphatic heterocycles. The van der Waals surface area contributed by atoms with Gasteiger partial charge in [-0.3, -0.25) is 11.3 Å². The van der Waals surface area contributed by atoms with Crippen molar-refractivity contribution in [3.05, 3.63) is 34.9 Å². The van der Waals surface area contributed by atoms with Crippen LogP contribution in [0.5, 0.6) is 0 Å². The minimum Gasteiger partial charge on any atom is -0.304 e. The summed E-state index contributed by atoms with van der Waals surface area (Å²) < 4.78 is 0. The molecule has 112 valence electrons. The molecule has 2 rings (SSSR count). The standard InChI is InChI=1S/C15H25ClN4/c1-19-7-8-20(2)14(11-19)10-13(18-17)9-12-5-3-4-6-15(12)16/h3-6,13-14,18H,7-11,17H2,1-2H3. The molecule has 0 bridgehead atoms. The van der Waals surface area contributed by atoms with Gasteiger partial charge < -0.3 is 9.80 Å². The van der Waals surface area contributed by atoms with Gasteiger partial charge in [0.05, 0.1) is 0 Å². The maximum absolute atomic E-state index is 6.23. The first-order chi connectivity index (χ1) is 9.60. The summed E-state index contributed by atoms with van der Waals surface area (Å²) in [5.74, 6) is 5.74. The Bertz CT molecular complexity index is 426. The smallest absolute Gasteiger partial charge is 0.0438 e. The molecule has 1 heterocycles. The third-order valence-electron chi connectivity index (χ3n) is 4.20. The molecule has 20 heavy (non-hydrogen) atoms. The Morgan fingerprint density at radius 3 is 2.80 bits per heavy atom. The van der Waals surface area contributed by atoms with Gasteiger partial charge in [-0.25, -0.2) is 0 Å². The number of nitrogens with two attached hydrogens (primary N) is 1. The summed E-state index contributed by atoms with van der Waals surface area (Å²) in [5, 5.41) is 0.821. The summed E-state index contributed by atoms with van der Waals surface area (Å²) in [6.07, 6.45) is 1.90. The summed E-state index contributed by atoms with van der Waals surface area (Å²) in [6.45, 7) is 3.35. The molecule has 0 saturated carbocycles. The van der Waals surface area contributed by atoms with Crippen LogP contribution in [0.4, 0.5) is 0 Å². The van der Waals surface area contributed by atoms with E-state index in [1.807, 2.05) is 18.2 Å². The number of hydrogen-bond donors (Lipinski definition) is 2. The van der Waals surface area contributed by atoms with Crippen molar-refractivity contribution in [2.75, 3.05) is 33.7 Å². The molecule has 0 amide bonds. The number of hydrogen-bond acceptors (Lipinski definition) is 4. The molecule has 2 unspecified atom stereocenters. The van der Waals surface area contributed by atoms with Crippen molar-refractivity contribution in [1.29, 1.82) is 0 Å². The van der Waals surface area contributed by atoms with Crippen molar-refractivity contribution < 1.29 is 0 Å². The van der Waals surface area contributed by atoms with Crippen molar-refractivity contribution in [1.82, 2.24) is 15.2 Å². The molecule has 1 aliphatic rings. The van der Waals surface area contributed by atoms with Crippen molar-refractivity contribution in [3.8, 4) is 0 Å². The van der Waals surface area contributed by atoms with E-state index < -0.39 is 0 Å². The van der Waals surface area contributed by atoms with Crippen LogP contribution < -0.4 is 11.3 Å². The highest BCUT2D eigenvalue weighted by Crippen LogP contribution is 2.19. The maximum atomic E-state index is 6.23. The number of nitrogens with zero attached hydrogens (tertiary/aromatic N) is 2. The summed E-state index contributed by atoms with van der Waals surface area (Å²) in [7, 11) is 4.37. The van der Waals surface area contributed by atoms with Crippen LogP contribution in [0.1, 0.15) is 12.0 Å². The van der Waals surface area contributed by atoms with Crippen molar-refractivity contribution in [3.63, 3.8) is 0 Å². The third kappa shape index (κ3) is 4.17. The second kappa shape index (κ2) is 7.38. The number of rotatable bonds is 5. The normalized spacial score (nSPS) is 22.9. The Morgan fingerprint density at radius 1 is 1.35 bits per heavy atom. The first kappa shape index (κ1) is 15.7. The molecule has 2 atom stereocenters. The molecule has 3 N–H and O–H groups in total. The fourth-order valence-electron chi connectivity index (χ4n) is 2.82. The predicted octanol–water partition coefficient (Wildman–Crippen LogP) is 1.35. The molecule has 4 nitrogen and oxygen atoms in total. The van der Waals surface area contributed by atoms with Gasteiger partial charge in [-0.05, 0) is 38.6 Å². The van der Waals surface area contributed by atoms with E-state index in [0.717, 1.165) is 43.1 Å². The van der Waals surface area contributed by atoms with Gasteiger partial charge in [0.25, 0.3) is 0 Å². The fraction of sp³-hybridized carbons (Fsp3) is 0.600. The summed E-state index contributed by atoms with van der Waals surface area (Å²) in [4.78, 5) is 4.81. The zero-order valence-electron chi connectivity index (χ0n) is 12.3. The minimum absolute atomic E-state index is 0.244. The lowest BCUT2D eigenvalue weighted by Gasteiger charge is -2.39. The number of benzene rings is 1. The molecule has 0 aromatic heterocycles. The van der Waals surface area contributed by atoms with Gasteiger partial charge in [0.1, 0.15) is 0 Å². The van der Waals surface area contributed by atoms with Gasteiger partial charge in [-0.2, -0.15) is 0 Å². The lowest BCUT2D eigenvalue weighted by molar-refractivity contribution is 0.101. The van der Waals surface area contributed by atoms with Crippen molar-refractivity contribution in [2.45, 2.75) is 24.9 Å². The van der Waals surface area contributed by atoms with Gasteiger partial charge in [-0.15, -0.1) is 0 Å². The highest BCUT2D eigenvalue weighted by Gasteiger charge is 2.25. The largest absolute Gasteiger partial charge is 0.304 e. The van der Waals surface area contributed by atoms with Gasteiger partial charge in [0.2, 0.25) is 0 Å². The quantitative estimate of drug-likeness (QED) is 0.636. The topological polar surface area (TPSA) is 44.5 Å². The van der Waals surface area contributed by atoms with E-state index in [1.165, 1.54) is 0 Å². The average Bonchev–Trinajstić information content (AvgIpc) is 2.44. The Hall–Kier alpha value is -0.650. The number of likely N-dealkylation sites (N-methyl/N-ethyl adjacent to an activating group) is 2. The van der Waals surface area contributed by atoms with Crippen LogP contribution in [0.25, 0.3) is 0 Å². The molecule has 0 radical (unpaired) electrons. The monoisotopic (exact) mass is 296 g/mol. The lowest BCUT2D eigenvalue weighted by Crippen LogP contribution is -2.53. The number of halogens is 1. The first-order valence-corrected chi connectivity index (χ1v) is 7.56. The summed E-state index contributed by atoms with van der Waals surface area (Å²) >= 11 is 6.23. The van der Waals surface area contributed by atoms with Gasteiger partial charge in [-0.1, -0.05) is 29.8 Å². The van der Waals surface area contributed by atoms with E-state index in [4.69, 9.17) is 17.4 Å². The van der Waals surface area contributed by atoms with Crippen LogP contribution in [-0.4, -0.2) is 55.6 Å². The van der Waals surface area contributed by atoms with Gasteiger partial charge >= 0.3 is 0 Å². The number of nitrogens with one attached hydrogen (secondary N) is 1. The second-order valence-electron chi connectivity index (χ2n) is 5.79. The van der Waals surface area contributed by atoms with Crippen LogP contribution in [0, 0.1) is 0 Å². The van der Waals surface area contributed by atoms with Crippen LogP contribution in [0.15, 0.2) is 24.3 Å². The van der Waals surface area contributed by atoms with E-state index >= 15 is 0 Å². The van der Waals surface area contributed by atoms with E-state index in [9.17, 15) is 0 Å². The SMILES string of the molecule is CN1CCN(C)C(CC(Cc2ccccc2Cl)NN)C1. The Labute approximate surface area is 126 Å². The first-order valence-electron chi connectivity index (χ1n) is 7.18. The van der Waals surface area contributed by atoms with E-state index in [-0.39, 0.29) is 6.04 Å². The van der Waals surface area contributed by atoms with Crippen LogP contribution in [0.3, 0.4) is 0 Å². The van der Waals surface area contributed by atoms with E-state index in [2.05, 4.69) is 35.4 Å². The Kier molecular flexibility index (Phi) is 5.81.